The molecule has 0 aliphatic rings. The van der Waals surface area contributed by atoms with Crippen molar-refractivity contribution < 1.29 is 14.3 Å². The lowest BCUT2D eigenvalue weighted by molar-refractivity contribution is -0.123. The molecule has 0 fully saturated rings. The van der Waals surface area contributed by atoms with Crippen molar-refractivity contribution in [2.75, 3.05) is 19.0 Å². The highest BCUT2D eigenvalue weighted by Crippen LogP contribution is 2.26. The van der Waals surface area contributed by atoms with Gasteiger partial charge in [-0.1, -0.05) is 44.2 Å². The number of nitrogens with zero attached hydrogens (tertiary/aromatic N) is 2. The zero-order chi connectivity index (χ0) is 16.9. The smallest absolute Gasteiger partial charge is 0.231 e. The minimum absolute atomic E-state index is 0.0783. The first kappa shape index (κ1) is 17.2. The van der Waals surface area contributed by atoms with E-state index in [0.29, 0.717) is 29.7 Å². The van der Waals surface area contributed by atoms with E-state index in [1.54, 1.807) is 7.11 Å². The predicted octanol–water partition coefficient (Wildman–Crippen LogP) is 3.15. The molecule has 6 nitrogen and oxygen atoms in total. The highest BCUT2D eigenvalue weighted by Gasteiger charge is 2.22. The number of rotatable bonds is 6. The van der Waals surface area contributed by atoms with Gasteiger partial charge in [-0.05, 0) is 12.1 Å². The molecule has 2 rings (SSSR count). The third-order valence-electron chi connectivity index (χ3n) is 3.01. The number of methoxy groups -OCH3 is 1. The number of amides is 1. The average molecular weight is 335 g/mol. The van der Waals surface area contributed by atoms with E-state index >= 15 is 0 Å². The summed E-state index contributed by atoms with van der Waals surface area (Å²) in [5.74, 6) is 1.31. The van der Waals surface area contributed by atoms with Crippen molar-refractivity contribution in [1.29, 1.82) is 0 Å². The van der Waals surface area contributed by atoms with Crippen molar-refractivity contribution in [2.45, 2.75) is 27.2 Å². The lowest BCUT2D eigenvalue weighted by atomic mass is 9.96. The van der Waals surface area contributed by atoms with Gasteiger partial charge in [0.2, 0.25) is 11.0 Å². The highest BCUT2D eigenvalue weighted by atomic mass is 32.1. The molecule has 1 heterocycles. The lowest BCUT2D eigenvalue weighted by Gasteiger charge is -2.15. The Hall–Kier alpha value is -2.15. The molecular formula is C16H21N3O3S. The topological polar surface area (TPSA) is 73.3 Å². The van der Waals surface area contributed by atoms with E-state index in [4.69, 9.17) is 9.47 Å². The van der Waals surface area contributed by atoms with Crippen molar-refractivity contribution in [1.82, 2.24) is 10.2 Å². The molecule has 2 aromatic rings. The number of carbonyl (C=O) groups excluding carboxylic acids is 1. The predicted molar refractivity (Wildman–Crippen MR) is 90.2 cm³/mol. The number of carbonyl (C=O) groups is 1. The van der Waals surface area contributed by atoms with Gasteiger partial charge in [0.1, 0.15) is 5.01 Å². The van der Waals surface area contributed by atoms with Crippen molar-refractivity contribution in [3.63, 3.8) is 0 Å². The molecular weight excluding hydrogens is 314 g/mol. The Kier molecular flexibility index (Phi) is 5.54. The number of hydrogen-bond acceptors (Lipinski definition) is 6. The van der Waals surface area contributed by atoms with Crippen molar-refractivity contribution >= 4 is 22.4 Å². The number of benzene rings is 1. The molecule has 0 saturated heterocycles. The second kappa shape index (κ2) is 7.41. The van der Waals surface area contributed by atoms with Gasteiger partial charge in [0.25, 0.3) is 0 Å². The van der Waals surface area contributed by atoms with Crippen LogP contribution in [0, 0.1) is 5.41 Å². The van der Waals surface area contributed by atoms with Crippen molar-refractivity contribution in [3.05, 3.63) is 29.3 Å². The van der Waals surface area contributed by atoms with Gasteiger partial charge in [0, 0.05) is 11.8 Å². The molecule has 0 radical (unpaired) electrons. The molecule has 0 spiro atoms. The van der Waals surface area contributed by atoms with Crippen LogP contribution in [-0.4, -0.2) is 29.8 Å². The van der Waals surface area contributed by atoms with Crippen LogP contribution in [0.3, 0.4) is 0 Å². The van der Waals surface area contributed by atoms with E-state index in [1.807, 2.05) is 45.0 Å². The maximum absolute atomic E-state index is 11.9. The highest BCUT2D eigenvalue weighted by molar-refractivity contribution is 7.15. The van der Waals surface area contributed by atoms with Crippen molar-refractivity contribution in [3.8, 4) is 11.5 Å². The average Bonchev–Trinajstić information content (AvgIpc) is 2.94. The summed E-state index contributed by atoms with van der Waals surface area (Å²) in [5, 5.41) is 12.1. The van der Waals surface area contributed by atoms with Gasteiger partial charge < -0.3 is 14.8 Å². The van der Waals surface area contributed by atoms with Crippen LogP contribution in [0.15, 0.2) is 24.3 Å². The van der Waals surface area contributed by atoms with Crippen LogP contribution in [0.1, 0.15) is 25.8 Å². The maximum Gasteiger partial charge on any atom is 0.231 e. The van der Waals surface area contributed by atoms with Gasteiger partial charge in [0.15, 0.2) is 11.5 Å². The maximum atomic E-state index is 11.9. The van der Waals surface area contributed by atoms with E-state index in [-0.39, 0.29) is 5.91 Å². The van der Waals surface area contributed by atoms with Crippen LogP contribution in [0.25, 0.3) is 0 Å². The van der Waals surface area contributed by atoms with Crippen LogP contribution in [-0.2, 0) is 11.2 Å². The Morgan fingerprint density at radius 3 is 2.57 bits per heavy atom. The molecule has 1 aromatic heterocycles. The summed E-state index contributed by atoms with van der Waals surface area (Å²) in [4.78, 5) is 11.9. The fourth-order valence-electron chi connectivity index (χ4n) is 1.68. The minimum Gasteiger partial charge on any atom is -0.493 e. The van der Waals surface area contributed by atoms with Gasteiger partial charge in [-0.3, -0.25) is 4.79 Å². The summed E-state index contributed by atoms with van der Waals surface area (Å²) < 4.78 is 10.9. The van der Waals surface area contributed by atoms with Crippen LogP contribution >= 0.6 is 11.3 Å². The Labute approximate surface area is 139 Å². The van der Waals surface area contributed by atoms with Gasteiger partial charge in [-0.15, -0.1) is 10.2 Å². The Bertz CT molecular complexity index is 665. The summed E-state index contributed by atoms with van der Waals surface area (Å²) in [6, 6.07) is 7.48. The molecule has 0 aliphatic heterocycles. The molecule has 0 unspecified atom stereocenters. The largest absolute Gasteiger partial charge is 0.493 e. The zero-order valence-electron chi connectivity index (χ0n) is 13.8. The number of anilines is 1. The van der Waals surface area contributed by atoms with E-state index in [9.17, 15) is 4.79 Å². The van der Waals surface area contributed by atoms with E-state index in [1.165, 1.54) is 11.3 Å². The zero-order valence-corrected chi connectivity index (χ0v) is 14.6. The number of hydrogen-bond donors (Lipinski definition) is 1. The summed E-state index contributed by atoms with van der Waals surface area (Å²) >= 11 is 1.36. The Balaban J connectivity index is 1.87. The molecule has 1 aromatic carbocycles. The summed E-state index contributed by atoms with van der Waals surface area (Å²) in [6.07, 6.45) is 0.612. The lowest BCUT2D eigenvalue weighted by Crippen LogP contribution is -2.27. The normalized spacial score (nSPS) is 11.1. The van der Waals surface area contributed by atoms with E-state index in [2.05, 4.69) is 15.5 Å². The first-order chi connectivity index (χ1) is 10.9. The second-order valence-electron chi connectivity index (χ2n) is 5.95. The summed E-state index contributed by atoms with van der Waals surface area (Å²) in [5.41, 5.74) is -0.460. The summed E-state index contributed by atoms with van der Waals surface area (Å²) in [6.45, 7) is 6.02. The molecule has 0 saturated carbocycles. The van der Waals surface area contributed by atoms with Gasteiger partial charge in [0.05, 0.1) is 13.7 Å². The van der Waals surface area contributed by atoms with E-state index < -0.39 is 5.41 Å². The molecule has 7 heteroatoms. The molecule has 23 heavy (non-hydrogen) atoms. The fourth-order valence-corrected chi connectivity index (χ4v) is 2.39. The first-order valence-electron chi connectivity index (χ1n) is 7.30. The van der Waals surface area contributed by atoms with Gasteiger partial charge >= 0.3 is 0 Å². The standard InChI is InChI=1S/C16H21N3O3S/c1-16(2,3)14(20)17-15-19-18-13(23-15)9-10-22-12-8-6-5-7-11(12)21-4/h5-8H,9-10H2,1-4H3,(H,17,19,20). The fraction of sp³-hybridized carbons (Fsp3) is 0.438. The van der Waals surface area contributed by atoms with Crippen LogP contribution in [0.4, 0.5) is 5.13 Å². The van der Waals surface area contributed by atoms with Gasteiger partial charge in [-0.2, -0.15) is 0 Å². The number of para-hydroxylation sites is 2. The molecule has 1 amide bonds. The summed E-state index contributed by atoms with van der Waals surface area (Å²) in [7, 11) is 1.61. The Morgan fingerprint density at radius 1 is 1.22 bits per heavy atom. The van der Waals surface area contributed by atoms with Crippen molar-refractivity contribution in [2.24, 2.45) is 5.41 Å². The Morgan fingerprint density at radius 2 is 1.91 bits per heavy atom. The molecule has 1 N–H and O–H groups in total. The third kappa shape index (κ3) is 4.92. The monoisotopic (exact) mass is 335 g/mol. The number of aromatic nitrogens is 2. The van der Waals surface area contributed by atoms with Crippen LogP contribution in [0.5, 0.6) is 11.5 Å². The third-order valence-corrected chi connectivity index (χ3v) is 3.91. The molecule has 124 valence electrons. The number of nitrogens with one attached hydrogen (secondary N) is 1. The minimum atomic E-state index is -0.460. The molecule has 0 aliphatic carbocycles. The van der Waals surface area contributed by atoms with Crippen LogP contribution < -0.4 is 14.8 Å². The van der Waals surface area contributed by atoms with E-state index in [0.717, 1.165) is 5.01 Å². The van der Waals surface area contributed by atoms with Crippen LogP contribution in [0.2, 0.25) is 0 Å². The first-order valence-corrected chi connectivity index (χ1v) is 8.11. The second-order valence-corrected chi connectivity index (χ2v) is 7.02. The molecule has 0 bridgehead atoms. The SMILES string of the molecule is COc1ccccc1OCCc1nnc(NC(=O)C(C)(C)C)s1. The van der Waals surface area contributed by atoms with Gasteiger partial charge in [-0.25, -0.2) is 0 Å². The quantitative estimate of drug-likeness (QED) is 0.878. The molecule has 0 atom stereocenters. The number of ether oxygens (including phenoxy) is 2.